The van der Waals surface area contributed by atoms with E-state index in [1.165, 1.54) is 24.3 Å². The zero-order valence-corrected chi connectivity index (χ0v) is 14.3. The number of aromatic nitrogens is 2. The molecule has 1 atom stereocenters. The number of rotatable bonds is 5. The molecule has 0 saturated carbocycles. The van der Waals surface area contributed by atoms with Gasteiger partial charge in [-0.1, -0.05) is 12.1 Å². The van der Waals surface area contributed by atoms with Gasteiger partial charge in [0, 0.05) is 23.6 Å². The summed E-state index contributed by atoms with van der Waals surface area (Å²) in [5.74, 6) is -0.588. The minimum absolute atomic E-state index is 0.282. The highest BCUT2D eigenvalue weighted by Gasteiger charge is 2.31. The van der Waals surface area contributed by atoms with Crippen LogP contribution in [0.1, 0.15) is 28.9 Å². The van der Waals surface area contributed by atoms with Gasteiger partial charge in [0.2, 0.25) is 0 Å². The molecule has 5 nitrogen and oxygen atoms in total. The molecule has 0 spiro atoms. The number of nitrogens with zero attached hydrogens (tertiary/aromatic N) is 2. The first kappa shape index (κ1) is 18.5. The fourth-order valence-corrected chi connectivity index (χ4v) is 2.52. The van der Waals surface area contributed by atoms with Crippen molar-refractivity contribution in [2.75, 3.05) is 0 Å². The lowest BCUT2D eigenvalue weighted by molar-refractivity contribution is -0.274. The molecule has 1 aromatic heterocycles. The summed E-state index contributed by atoms with van der Waals surface area (Å²) >= 11 is 0. The Morgan fingerprint density at radius 3 is 2.33 bits per heavy atom. The number of hydrogen-bond donors (Lipinski definition) is 1. The molecule has 0 aliphatic heterocycles. The van der Waals surface area contributed by atoms with Crippen molar-refractivity contribution in [3.8, 4) is 11.4 Å². The summed E-state index contributed by atoms with van der Waals surface area (Å²) in [5.41, 5.74) is 2.01. The Balaban J connectivity index is 1.63. The van der Waals surface area contributed by atoms with Crippen molar-refractivity contribution >= 4 is 5.91 Å². The standard InChI is InChI=1S/C19H16F3N3O2/c1-13(14-4-8-17(9-5-14)27-19(20,21)22)24-18(26)15-2-6-16(7-3-15)25-11-10-23-12-25/h2-13H,1H3,(H,24,26). The van der Waals surface area contributed by atoms with Crippen molar-refractivity contribution in [1.82, 2.24) is 14.9 Å². The second-order valence-electron chi connectivity index (χ2n) is 5.83. The quantitative estimate of drug-likeness (QED) is 0.725. The summed E-state index contributed by atoms with van der Waals surface area (Å²) in [5, 5.41) is 2.81. The number of nitrogens with one attached hydrogen (secondary N) is 1. The normalized spacial score (nSPS) is 12.4. The van der Waals surface area contributed by atoms with Gasteiger partial charge in [-0.25, -0.2) is 4.98 Å². The minimum atomic E-state index is -4.73. The number of benzene rings is 2. The van der Waals surface area contributed by atoms with Crippen molar-refractivity contribution in [3.05, 3.63) is 78.4 Å². The molecule has 1 N–H and O–H groups in total. The van der Waals surface area contributed by atoms with E-state index < -0.39 is 6.36 Å². The first-order valence-corrected chi connectivity index (χ1v) is 8.07. The molecule has 2 aromatic carbocycles. The molecule has 1 unspecified atom stereocenters. The van der Waals surface area contributed by atoms with Gasteiger partial charge in [-0.2, -0.15) is 0 Å². The van der Waals surface area contributed by atoms with Gasteiger partial charge in [-0.15, -0.1) is 13.2 Å². The first-order valence-electron chi connectivity index (χ1n) is 8.07. The smallest absolute Gasteiger partial charge is 0.406 e. The van der Waals surface area contributed by atoms with E-state index in [1.54, 1.807) is 49.9 Å². The van der Waals surface area contributed by atoms with Crippen LogP contribution in [0.3, 0.4) is 0 Å². The molecule has 1 heterocycles. The van der Waals surface area contributed by atoms with E-state index in [-0.39, 0.29) is 17.7 Å². The average molecular weight is 375 g/mol. The fraction of sp³-hybridized carbons (Fsp3) is 0.158. The van der Waals surface area contributed by atoms with Crippen LogP contribution in [-0.2, 0) is 0 Å². The monoisotopic (exact) mass is 375 g/mol. The molecule has 8 heteroatoms. The zero-order valence-electron chi connectivity index (χ0n) is 14.3. The maximum atomic E-state index is 12.4. The van der Waals surface area contributed by atoms with Gasteiger partial charge in [-0.05, 0) is 48.9 Å². The van der Waals surface area contributed by atoms with E-state index in [4.69, 9.17) is 0 Å². The summed E-state index contributed by atoms with van der Waals surface area (Å²) in [6.07, 6.45) is 0.379. The maximum absolute atomic E-state index is 12.4. The van der Waals surface area contributed by atoms with Crippen LogP contribution < -0.4 is 10.1 Å². The number of alkyl halides is 3. The highest BCUT2D eigenvalue weighted by atomic mass is 19.4. The number of hydrogen-bond acceptors (Lipinski definition) is 3. The average Bonchev–Trinajstić information content (AvgIpc) is 3.15. The second kappa shape index (κ2) is 7.53. The molecule has 3 rings (SSSR count). The lowest BCUT2D eigenvalue weighted by Crippen LogP contribution is -2.26. The molecular formula is C19H16F3N3O2. The molecule has 140 valence electrons. The van der Waals surface area contributed by atoms with Gasteiger partial charge in [0.25, 0.3) is 5.91 Å². The number of halogens is 3. The Hall–Kier alpha value is -3.29. The predicted octanol–water partition coefficient (Wildman–Crippen LogP) is 4.26. The Bertz CT molecular complexity index is 889. The van der Waals surface area contributed by atoms with Crippen LogP contribution in [0.2, 0.25) is 0 Å². The molecule has 0 aliphatic carbocycles. The number of carbonyl (C=O) groups is 1. The van der Waals surface area contributed by atoms with Gasteiger partial charge in [0.1, 0.15) is 5.75 Å². The third kappa shape index (κ3) is 4.87. The van der Waals surface area contributed by atoms with Gasteiger partial charge < -0.3 is 14.6 Å². The summed E-state index contributed by atoms with van der Waals surface area (Å²) in [4.78, 5) is 16.3. The Morgan fingerprint density at radius 2 is 1.78 bits per heavy atom. The third-order valence-electron chi connectivity index (χ3n) is 3.89. The van der Waals surface area contributed by atoms with E-state index >= 15 is 0 Å². The highest BCUT2D eigenvalue weighted by molar-refractivity contribution is 5.94. The second-order valence-corrected chi connectivity index (χ2v) is 5.83. The molecule has 0 bridgehead atoms. The van der Waals surface area contributed by atoms with Gasteiger partial charge >= 0.3 is 6.36 Å². The van der Waals surface area contributed by atoms with Crippen molar-refractivity contribution in [1.29, 1.82) is 0 Å². The maximum Gasteiger partial charge on any atom is 0.573 e. The molecular weight excluding hydrogens is 359 g/mol. The van der Waals surface area contributed by atoms with Crippen LogP contribution in [0.25, 0.3) is 5.69 Å². The first-order chi connectivity index (χ1) is 12.8. The van der Waals surface area contributed by atoms with Crippen LogP contribution in [0.4, 0.5) is 13.2 Å². The molecule has 1 amide bonds. The van der Waals surface area contributed by atoms with Crippen LogP contribution in [0, 0.1) is 0 Å². The van der Waals surface area contributed by atoms with Crippen molar-refractivity contribution in [2.24, 2.45) is 0 Å². The Kier molecular flexibility index (Phi) is 5.16. The minimum Gasteiger partial charge on any atom is -0.406 e. The van der Waals surface area contributed by atoms with Gasteiger partial charge in [-0.3, -0.25) is 4.79 Å². The van der Waals surface area contributed by atoms with Gasteiger partial charge in [0.15, 0.2) is 0 Å². The van der Waals surface area contributed by atoms with E-state index in [1.807, 2.05) is 4.57 Å². The van der Waals surface area contributed by atoms with Gasteiger partial charge in [0.05, 0.1) is 12.4 Å². The molecule has 27 heavy (non-hydrogen) atoms. The predicted molar refractivity (Wildman–Crippen MR) is 92.6 cm³/mol. The number of imidazole rings is 1. The summed E-state index contributed by atoms with van der Waals surface area (Å²) in [7, 11) is 0. The summed E-state index contributed by atoms with van der Waals surface area (Å²) in [6, 6.07) is 12.0. The lowest BCUT2D eigenvalue weighted by atomic mass is 10.1. The van der Waals surface area contributed by atoms with E-state index in [9.17, 15) is 18.0 Å². The molecule has 0 fully saturated rings. The molecule has 0 saturated heterocycles. The topological polar surface area (TPSA) is 56.2 Å². The molecule has 0 aliphatic rings. The zero-order chi connectivity index (χ0) is 19.4. The van der Waals surface area contributed by atoms with Crippen LogP contribution >= 0.6 is 0 Å². The highest BCUT2D eigenvalue weighted by Crippen LogP contribution is 2.24. The lowest BCUT2D eigenvalue weighted by Gasteiger charge is -2.15. The van der Waals surface area contributed by atoms with Crippen molar-refractivity contribution in [2.45, 2.75) is 19.3 Å². The largest absolute Gasteiger partial charge is 0.573 e. The molecule has 0 radical (unpaired) electrons. The van der Waals surface area contributed by atoms with E-state index in [0.717, 1.165) is 5.69 Å². The van der Waals surface area contributed by atoms with Crippen LogP contribution in [0.5, 0.6) is 5.75 Å². The van der Waals surface area contributed by atoms with Crippen LogP contribution in [-0.4, -0.2) is 21.8 Å². The summed E-state index contributed by atoms with van der Waals surface area (Å²) in [6.45, 7) is 1.75. The van der Waals surface area contributed by atoms with Crippen molar-refractivity contribution in [3.63, 3.8) is 0 Å². The van der Waals surface area contributed by atoms with Crippen LogP contribution in [0.15, 0.2) is 67.3 Å². The summed E-state index contributed by atoms with van der Waals surface area (Å²) < 4.78 is 42.2. The van der Waals surface area contributed by atoms with E-state index in [2.05, 4.69) is 15.0 Å². The molecule has 3 aromatic rings. The fourth-order valence-electron chi connectivity index (χ4n) is 2.52. The third-order valence-corrected chi connectivity index (χ3v) is 3.89. The number of amides is 1. The Labute approximate surface area is 153 Å². The Morgan fingerprint density at radius 1 is 1.11 bits per heavy atom. The SMILES string of the molecule is CC(NC(=O)c1ccc(-n2ccnc2)cc1)c1ccc(OC(F)(F)F)cc1. The van der Waals surface area contributed by atoms with Crippen molar-refractivity contribution < 1.29 is 22.7 Å². The van der Waals surface area contributed by atoms with E-state index in [0.29, 0.717) is 11.1 Å². The number of carbonyl (C=O) groups excluding carboxylic acids is 1. The number of ether oxygens (including phenoxy) is 1.